The molecule has 1 amide bonds. The van der Waals surface area contributed by atoms with Crippen molar-refractivity contribution in [3.8, 4) is 0 Å². The van der Waals surface area contributed by atoms with E-state index in [0.717, 1.165) is 36.2 Å². The summed E-state index contributed by atoms with van der Waals surface area (Å²) in [5.74, 6) is 0.265. The van der Waals surface area contributed by atoms with Crippen molar-refractivity contribution in [3.05, 3.63) is 29.3 Å². The van der Waals surface area contributed by atoms with Crippen LogP contribution in [-0.2, 0) is 11.2 Å². The lowest BCUT2D eigenvalue weighted by atomic mass is 10.00. The molecule has 0 bridgehead atoms. The van der Waals surface area contributed by atoms with E-state index in [2.05, 4.69) is 5.32 Å². The van der Waals surface area contributed by atoms with Crippen molar-refractivity contribution >= 4 is 17.4 Å². The first-order valence-corrected chi connectivity index (χ1v) is 6.81. The Balaban J connectivity index is 1.77. The van der Waals surface area contributed by atoms with Gasteiger partial charge in [-0.2, -0.15) is 0 Å². The molecule has 4 heteroatoms. The lowest BCUT2D eigenvalue weighted by molar-refractivity contribution is -0.117. The largest absolute Gasteiger partial charge is 0.315 e. The first-order chi connectivity index (χ1) is 9.15. The minimum atomic E-state index is 0.0945. The summed E-state index contributed by atoms with van der Waals surface area (Å²) >= 11 is 0. The van der Waals surface area contributed by atoms with E-state index in [-0.39, 0.29) is 11.7 Å². The average molecular weight is 258 g/mol. The van der Waals surface area contributed by atoms with Gasteiger partial charge in [0.05, 0.1) is 6.42 Å². The van der Waals surface area contributed by atoms with E-state index in [9.17, 15) is 9.59 Å². The van der Waals surface area contributed by atoms with Gasteiger partial charge in [0.2, 0.25) is 5.91 Å². The molecule has 1 saturated heterocycles. The number of anilines is 1. The Bertz CT molecular complexity index is 533. The number of carbonyl (C=O) groups excluding carboxylic acids is 2. The van der Waals surface area contributed by atoms with Gasteiger partial charge in [-0.05, 0) is 43.1 Å². The third-order valence-corrected chi connectivity index (χ3v) is 4.07. The highest BCUT2D eigenvalue weighted by molar-refractivity contribution is 6.03. The SMILES string of the molecule is CN1C(=O)Cc2cc(C(=O)CC3CCCN3)ccc21. The van der Waals surface area contributed by atoms with Crippen LogP contribution in [0.25, 0.3) is 0 Å². The van der Waals surface area contributed by atoms with E-state index in [1.54, 1.807) is 11.9 Å². The first kappa shape index (κ1) is 12.4. The fourth-order valence-electron chi connectivity index (χ4n) is 2.92. The van der Waals surface area contributed by atoms with Crippen LogP contribution in [0.15, 0.2) is 18.2 Å². The number of rotatable bonds is 3. The normalized spacial score (nSPS) is 21.8. The van der Waals surface area contributed by atoms with Gasteiger partial charge in [0.1, 0.15) is 0 Å². The molecule has 19 heavy (non-hydrogen) atoms. The Hall–Kier alpha value is -1.68. The second-order valence-corrected chi connectivity index (χ2v) is 5.39. The van der Waals surface area contributed by atoms with Crippen molar-refractivity contribution in [1.29, 1.82) is 0 Å². The molecule has 0 spiro atoms. The van der Waals surface area contributed by atoms with Crippen molar-refractivity contribution in [2.45, 2.75) is 31.7 Å². The molecule has 1 aromatic rings. The molecule has 2 aliphatic rings. The number of nitrogens with one attached hydrogen (secondary N) is 1. The molecule has 0 saturated carbocycles. The van der Waals surface area contributed by atoms with Crippen LogP contribution in [0.4, 0.5) is 5.69 Å². The smallest absolute Gasteiger partial charge is 0.231 e. The van der Waals surface area contributed by atoms with Gasteiger partial charge in [-0.1, -0.05) is 0 Å². The molecule has 0 radical (unpaired) electrons. The number of likely N-dealkylation sites (N-methyl/N-ethyl adjacent to an activating group) is 1. The summed E-state index contributed by atoms with van der Waals surface area (Å²) in [5, 5.41) is 3.34. The Kier molecular flexibility index (Phi) is 3.11. The molecule has 1 unspecified atom stereocenters. The standard InChI is InChI=1S/C15H18N2O2/c1-17-13-5-4-10(7-11(13)8-15(17)19)14(18)9-12-3-2-6-16-12/h4-5,7,12,16H,2-3,6,8-9H2,1H3. The van der Waals surface area contributed by atoms with Gasteiger partial charge >= 0.3 is 0 Å². The highest BCUT2D eigenvalue weighted by Gasteiger charge is 2.25. The topological polar surface area (TPSA) is 49.4 Å². The second-order valence-electron chi connectivity index (χ2n) is 5.39. The predicted molar refractivity (Wildman–Crippen MR) is 73.5 cm³/mol. The van der Waals surface area contributed by atoms with Crippen molar-refractivity contribution < 1.29 is 9.59 Å². The summed E-state index contributed by atoms with van der Waals surface area (Å²) in [6.07, 6.45) is 3.20. The highest BCUT2D eigenvalue weighted by atomic mass is 16.2. The first-order valence-electron chi connectivity index (χ1n) is 6.81. The minimum Gasteiger partial charge on any atom is -0.315 e. The fourth-order valence-corrected chi connectivity index (χ4v) is 2.92. The zero-order chi connectivity index (χ0) is 13.4. The maximum atomic E-state index is 12.2. The number of Topliss-reactive ketones (excluding diaryl/α,β-unsaturated/α-hetero) is 1. The molecule has 0 aliphatic carbocycles. The molecule has 1 N–H and O–H groups in total. The lowest BCUT2D eigenvalue weighted by Crippen LogP contribution is -2.24. The van der Waals surface area contributed by atoms with Gasteiger partial charge in [-0.3, -0.25) is 9.59 Å². The highest BCUT2D eigenvalue weighted by Crippen LogP contribution is 2.28. The minimum absolute atomic E-state index is 0.0945. The predicted octanol–water partition coefficient (Wildman–Crippen LogP) is 1.53. The number of carbonyl (C=O) groups is 2. The van der Waals surface area contributed by atoms with E-state index < -0.39 is 0 Å². The third kappa shape index (κ3) is 2.28. The third-order valence-electron chi connectivity index (χ3n) is 4.07. The summed E-state index contributed by atoms with van der Waals surface area (Å²) in [6.45, 7) is 1.02. The molecule has 2 aliphatic heterocycles. The van der Waals surface area contributed by atoms with Crippen molar-refractivity contribution in [2.75, 3.05) is 18.5 Å². The van der Waals surface area contributed by atoms with Crippen molar-refractivity contribution in [1.82, 2.24) is 5.32 Å². The van der Waals surface area contributed by atoms with E-state index in [1.807, 2.05) is 18.2 Å². The number of amides is 1. The van der Waals surface area contributed by atoms with Crippen LogP contribution in [0, 0.1) is 0 Å². The zero-order valence-corrected chi connectivity index (χ0v) is 11.1. The van der Waals surface area contributed by atoms with Gasteiger partial charge in [0.15, 0.2) is 5.78 Å². The van der Waals surface area contributed by atoms with E-state index in [0.29, 0.717) is 18.9 Å². The Morgan fingerprint density at radius 2 is 2.32 bits per heavy atom. The number of nitrogens with zero attached hydrogens (tertiary/aromatic N) is 1. The van der Waals surface area contributed by atoms with Crippen LogP contribution in [0.1, 0.15) is 35.2 Å². The molecule has 1 atom stereocenters. The molecule has 3 rings (SSSR count). The van der Waals surface area contributed by atoms with E-state index >= 15 is 0 Å². The number of fused-ring (bicyclic) bond motifs is 1. The summed E-state index contributed by atoms with van der Waals surface area (Å²) in [6, 6.07) is 5.93. The summed E-state index contributed by atoms with van der Waals surface area (Å²) in [5.41, 5.74) is 2.63. The second kappa shape index (κ2) is 4.78. The van der Waals surface area contributed by atoms with Gasteiger partial charge in [-0.25, -0.2) is 0 Å². The monoisotopic (exact) mass is 258 g/mol. The molecule has 4 nitrogen and oxygen atoms in total. The molecule has 0 aromatic heterocycles. The average Bonchev–Trinajstić information content (AvgIpc) is 2.99. The van der Waals surface area contributed by atoms with Gasteiger partial charge < -0.3 is 10.2 Å². The Morgan fingerprint density at radius 1 is 1.47 bits per heavy atom. The number of benzene rings is 1. The Labute approximate surface area is 112 Å². The molecule has 100 valence electrons. The van der Waals surface area contributed by atoms with Crippen LogP contribution in [0.5, 0.6) is 0 Å². The van der Waals surface area contributed by atoms with Gasteiger partial charge in [0, 0.05) is 30.8 Å². The van der Waals surface area contributed by atoms with Crippen LogP contribution >= 0.6 is 0 Å². The summed E-state index contributed by atoms with van der Waals surface area (Å²) in [7, 11) is 1.78. The van der Waals surface area contributed by atoms with Gasteiger partial charge in [0.25, 0.3) is 0 Å². The van der Waals surface area contributed by atoms with Crippen LogP contribution in [-0.4, -0.2) is 31.3 Å². The molecule has 1 aromatic carbocycles. The maximum Gasteiger partial charge on any atom is 0.231 e. The van der Waals surface area contributed by atoms with E-state index in [4.69, 9.17) is 0 Å². The summed E-state index contributed by atoms with van der Waals surface area (Å²) in [4.78, 5) is 25.5. The summed E-state index contributed by atoms with van der Waals surface area (Å²) < 4.78 is 0. The molecular formula is C15H18N2O2. The van der Waals surface area contributed by atoms with E-state index in [1.165, 1.54) is 0 Å². The maximum absolute atomic E-state index is 12.2. The van der Waals surface area contributed by atoms with Crippen LogP contribution in [0.2, 0.25) is 0 Å². The van der Waals surface area contributed by atoms with Crippen molar-refractivity contribution in [2.24, 2.45) is 0 Å². The molecular weight excluding hydrogens is 240 g/mol. The number of hydrogen-bond acceptors (Lipinski definition) is 3. The van der Waals surface area contributed by atoms with Crippen LogP contribution < -0.4 is 10.2 Å². The number of ketones is 1. The molecule has 1 fully saturated rings. The quantitative estimate of drug-likeness (QED) is 0.836. The lowest BCUT2D eigenvalue weighted by Gasteiger charge is -2.11. The molecule has 2 heterocycles. The van der Waals surface area contributed by atoms with Crippen molar-refractivity contribution in [3.63, 3.8) is 0 Å². The Morgan fingerprint density at radius 3 is 3.05 bits per heavy atom. The van der Waals surface area contributed by atoms with Crippen LogP contribution in [0.3, 0.4) is 0 Å². The van der Waals surface area contributed by atoms with Gasteiger partial charge in [-0.15, -0.1) is 0 Å². The zero-order valence-electron chi connectivity index (χ0n) is 11.1. The fraction of sp³-hybridized carbons (Fsp3) is 0.467. The number of hydrogen-bond donors (Lipinski definition) is 1.